The van der Waals surface area contributed by atoms with E-state index in [4.69, 9.17) is 0 Å². The van der Waals surface area contributed by atoms with E-state index in [1.54, 1.807) is 30.5 Å². The standard InChI is InChI=1S/C16H19FN4O/c17-13-7-3-4-8-14(13)18-11-16(22)20-15-9-10-19-21(15)12-5-1-2-6-12/h3-4,7-10,12,18H,1-2,5-6,11H2,(H,20,22). The van der Waals surface area contributed by atoms with Crippen molar-refractivity contribution in [3.8, 4) is 0 Å². The van der Waals surface area contributed by atoms with Crippen molar-refractivity contribution in [2.75, 3.05) is 17.2 Å². The Morgan fingerprint density at radius 1 is 1.27 bits per heavy atom. The first kappa shape index (κ1) is 14.6. The van der Waals surface area contributed by atoms with Crippen LogP contribution in [0.1, 0.15) is 31.7 Å². The van der Waals surface area contributed by atoms with Gasteiger partial charge in [0.15, 0.2) is 0 Å². The summed E-state index contributed by atoms with van der Waals surface area (Å²) in [4.78, 5) is 12.0. The summed E-state index contributed by atoms with van der Waals surface area (Å²) in [7, 11) is 0. The third-order valence-electron chi connectivity index (χ3n) is 3.92. The third-order valence-corrected chi connectivity index (χ3v) is 3.92. The summed E-state index contributed by atoms with van der Waals surface area (Å²) < 4.78 is 15.4. The zero-order valence-corrected chi connectivity index (χ0v) is 12.3. The number of aromatic nitrogens is 2. The minimum absolute atomic E-state index is 0.0107. The van der Waals surface area contributed by atoms with Gasteiger partial charge in [-0.3, -0.25) is 4.79 Å². The number of halogens is 1. The Labute approximate surface area is 128 Å². The van der Waals surface area contributed by atoms with Gasteiger partial charge in [0.05, 0.1) is 24.5 Å². The maximum atomic E-state index is 13.5. The van der Waals surface area contributed by atoms with Crippen LogP contribution in [-0.2, 0) is 4.79 Å². The second-order valence-electron chi connectivity index (χ2n) is 5.48. The fourth-order valence-electron chi connectivity index (χ4n) is 2.82. The van der Waals surface area contributed by atoms with Gasteiger partial charge in [0, 0.05) is 6.07 Å². The Morgan fingerprint density at radius 2 is 2.05 bits per heavy atom. The van der Waals surface area contributed by atoms with Crippen molar-refractivity contribution in [1.29, 1.82) is 0 Å². The Bertz CT molecular complexity index is 649. The second kappa shape index (κ2) is 6.60. The number of anilines is 2. The van der Waals surface area contributed by atoms with Crippen LogP contribution in [0.2, 0.25) is 0 Å². The molecule has 0 aliphatic heterocycles. The summed E-state index contributed by atoms with van der Waals surface area (Å²) in [5.74, 6) is 0.113. The number of para-hydroxylation sites is 1. The van der Waals surface area contributed by atoms with Crippen molar-refractivity contribution in [2.24, 2.45) is 0 Å². The van der Waals surface area contributed by atoms with Crippen LogP contribution in [0, 0.1) is 5.82 Å². The summed E-state index contributed by atoms with van der Waals surface area (Å²) in [6.07, 6.45) is 6.29. The van der Waals surface area contributed by atoms with Gasteiger partial charge in [0.25, 0.3) is 0 Å². The number of hydrogen-bond donors (Lipinski definition) is 2. The first-order valence-corrected chi connectivity index (χ1v) is 7.56. The van der Waals surface area contributed by atoms with Gasteiger partial charge < -0.3 is 10.6 Å². The summed E-state index contributed by atoms with van der Waals surface area (Å²) in [5, 5.41) is 9.94. The highest BCUT2D eigenvalue weighted by atomic mass is 19.1. The maximum absolute atomic E-state index is 13.5. The minimum atomic E-state index is -0.369. The topological polar surface area (TPSA) is 59.0 Å². The monoisotopic (exact) mass is 302 g/mol. The van der Waals surface area contributed by atoms with E-state index >= 15 is 0 Å². The number of rotatable bonds is 5. The highest BCUT2D eigenvalue weighted by molar-refractivity contribution is 5.93. The molecule has 0 bridgehead atoms. The van der Waals surface area contributed by atoms with Crippen LogP contribution in [0.15, 0.2) is 36.5 Å². The highest BCUT2D eigenvalue weighted by Crippen LogP contribution is 2.31. The van der Waals surface area contributed by atoms with Gasteiger partial charge in [-0.15, -0.1) is 0 Å². The molecular formula is C16H19FN4O. The minimum Gasteiger partial charge on any atom is -0.374 e. The molecule has 1 aromatic carbocycles. The van der Waals surface area contributed by atoms with E-state index in [1.807, 2.05) is 4.68 Å². The predicted octanol–water partition coefficient (Wildman–Crippen LogP) is 3.19. The molecule has 3 rings (SSSR count). The molecule has 1 amide bonds. The molecule has 1 heterocycles. The number of carbonyl (C=O) groups is 1. The number of benzene rings is 1. The summed E-state index contributed by atoms with van der Waals surface area (Å²) >= 11 is 0. The Hall–Kier alpha value is -2.37. The molecule has 2 N–H and O–H groups in total. The van der Waals surface area contributed by atoms with E-state index in [0.29, 0.717) is 17.5 Å². The number of amides is 1. The molecule has 0 radical (unpaired) electrons. The zero-order chi connectivity index (χ0) is 15.4. The normalized spacial score (nSPS) is 15.0. The Morgan fingerprint density at radius 3 is 2.82 bits per heavy atom. The van der Waals surface area contributed by atoms with Gasteiger partial charge in [0.1, 0.15) is 11.6 Å². The molecule has 0 saturated heterocycles. The molecule has 0 atom stereocenters. The van der Waals surface area contributed by atoms with Crippen molar-refractivity contribution in [3.05, 3.63) is 42.3 Å². The van der Waals surface area contributed by atoms with Crippen LogP contribution < -0.4 is 10.6 Å². The van der Waals surface area contributed by atoms with E-state index < -0.39 is 0 Å². The molecule has 22 heavy (non-hydrogen) atoms. The van der Waals surface area contributed by atoms with Gasteiger partial charge in [-0.2, -0.15) is 5.10 Å². The van der Waals surface area contributed by atoms with E-state index in [2.05, 4.69) is 15.7 Å². The lowest BCUT2D eigenvalue weighted by Gasteiger charge is -2.15. The molecule has 1 saturated carbocycles. The van der Waals surface area contributed by atoms with Crippen LogP contribution >= 0.6 is 0 Å². The number of nitrogens with zero attached hydrogens (tertiary/aromatic N) is 2. The van der Waals surface area contributed by atoms with Crippen LogP contribution in [0.4, 0.5) is 15.9 Å². The SMILES string of the molecule is O=C(CNc1ccccc1F)Nc1ccnn1C1CCCC1. The largest absolute Gasteiger partial charge is 0.374 e. The molecule has 6 heteroatoms. The first-order chi connectivity index (χ1) is 10.7. The van der Waals surface area contributed by atoms with E-state index in [-0.39, 0.29) is 18.3 Å². The summed E-state index contributed by atoms with van der Waals surface area (Å²) in [5.41, 5.74) is 0.321. The first-order valence-electron chi connectivity index (χ1n) is 7.56. The van der Waals surface area contributed by atoms with E-state index in [1.165, 1.54) is 18.9 Å². The smallest absolute Gasteiger partial charge is 0.244 e. The molecule has 0 unspecified atom stereocenters. The van der Waals surface area contributed by atoms with Crippen molar-refractivity contribution < 1.29 is 9.18 Å². The summed E-state index contributed by atoms with van der Waals surface area (Å²) in [6, 6.07) is 8.45. The molecule has 0 spiro atoms. The maximum Gasteiger partial charge on any atom is 0.244 e. The molecule has 1 aliphatic carbocycles. The lowest BCUT2D eigenvalue weighted by atomic mass is 10.2. The van der Waals surface area contributed by atoms with Crippen LogP contribution in [0.3, 0.4) is 0 Å². The van der Waals surface area contributed by atoms with Crippen molar-refractivity contribution in [1.82, 2.24) is 9.78 Å². The van der Waals surface area contributed by atoms with E-state index in [9.17, 15) is 9.18 Å². The lowest BCUT2D eigenvalue weighted by molar-refractivity contribution is -0.114. The molecule has 1 fully saturated rings. The molecule has 1 aliphatic rings. The van der Waals surface area contributed by atoms with Crippen LogP contribution in [-0.4, -0.2) is 22.2 Å². The van der Waals surface area contributed by atoms with Crippen molar-refractivity contribution in [2.45, 2.75) is 31.7 Å². The molecular weight excluding hydrogens is 283 g/mol. The highest BCUT2D eigenvalue weighted by Gasteiger charge is 2.20. The predicted molar refractivity (Wildman–Crippen MR) is 83.3 cm³/mol. The fourth-order valence-corrected chi connectivity index (χ4v) is 2.82. The van der Waals surface area contributed by atoms with Gasteiger partial charge in [0.2, 0.25) is 5.91 Å². The average molecular weight is 302 g/mol. The van der Waals surface area contributed by atoms with Gasteiger partial charge in [-0.25, -0.2) is 9.07 Å². The molecule has 2 aromatic rings. The molecule has 116 valence electrons. The van der Waals surface area contributed by atoms with Crippen LogP contribution in [0.25, 0.3) is 0 Å². The average Bonchev–Trinajstić information content (AvgIpc) is 3.17. The fraction of sp³-hybridized carbons (Fsp3) is 0.375. The van der Waals surface area contributed by atoms with Gasteiger partial charge in [-0.1, -0.05) is 25.0 Å². The van der Waals surface area contributed by atoms with Gasteiger partial charge >= 0.3 is 0 Å². The van der Waals surface area contributed by atoms with Crippen molar-refractivity contribution >= 4 is 17.4 Å². The third kappa shape index (κ3) is 3.27. The number of carbonyl (C=O) groups excluding carboxylic acids is 1. The molecule has 1 aromatic heterocycles. The van der Waals surface area contributed by atoms with Gasteiger partial charge in [-0.05, 0) is 25.0 Å². The van der Waals surface area contributed by atoms with Crippen LogP contribution in [0.5, 0.6) is 0 Å². The summed E-state index contributed by atoms with van der Waals surface area (Å²) in [6.45, 7) is 0.0107. The number of nitrogens with one attached hydrogen (secondary N) is 2. The van der Waals surface area contributed by atoms with E-state index in [0.717, 1.165) is 12.8 Å². The Kier molecular flexibility index (Phi) is 4.37. The quantitative estimate of drug-likeness (QED) is 0.891. The Balaban J connectivity index is 1.58. The number of hydrogen-bond acceptors (Lipinski definition) is 3. The molecule has 5 nitrogen and oxygen atoms in total. The zero-order valence-electron chi connectivity index (χ0n) is 12.3. The lowest BCUT2D eigenvalue weighted by Crippen LogP contribution is -2.24. The van der Waals surface area contributed by atoms with Crippen molar-refractivity contribution in [3.63, 3.8) is 0 Å². The second-order valence-corrected chi connectivity index (χ2v) is 5.48.